The maximum absolute atomic E-state index is 10.5. The number of aliphatic hydroxyl groups is 1. The molecule has 1 aromatic carbocycles. The summed E-state index contributed by atoms with van der Waals surface area (Å²) in [4.78, 5) is 2.34. The van der Waals surface area contributed by atoms with Gasteiger partial charge in [0.1, 0.15) is 18.0 Å². The Hall–Kier alpha value is -1.10. The minimum absolute atomic E-state index is 0.155. The van der Waals surface area contributed by atoms with Crippen LogP contribution < -0.4 is 4.74 Å². The molecule has 0 amide bonds. The smallest absolute Gasteiger partial charge is 0.119 e. The molecule has 1 aromatic rings. The summed E-state index contributed by atoms with van der Waals surface area (Å²) in [6.45, 7) is 10.7. The van der Waals surface area contributed by atoms with Gasteiger partial charge in [-0.3, -0.25) is 4.90 Å². The van der Waals surface area contributed by atoms with E-state index in [9.17, 15) is 5.11 Å². The van der Waals surface area contributed by atoms with Crippen LogP contribution >= 0.6 is 0 Å². The highest BCUT2D eigenvalue weighted by atomic mass is 16.5. The van der Waals surface area contributed by atoms with Crippen LogP contribution in [-0.2, 0) is 4.74 Å². The third-order valence-corrected chi connectivity index (χ3v) is 3.80. The van der Waals surface area contributed by atoms with Gasteiger partial charge >= 0.3 is 0 Å². The molecule has 0 saturated carbocycles. The van der Waals surface area contributed by atoms with E-state index in [2.05, 4.69) is 18.7 Å². The van der Waals surface area contributed by atoms with E-state index >= 15 is 0 Å². The summed E-state index contributed by atoms with van der Waals surface area (Å²) in [5.41, 5.74) is 0.877. The first-order chi connectivity index (χ1) is 9.97. The predicted molar refractivity (Wildman–Crippen MR) is 83.6 cm³/mol. The van der Waals surface area contributed by atoms with Crippen LogP contribution in [0.15, 0.2) is 24.3 Å². The van der Waals surface area contributed by atoms with Gasteiger partial charge < -0.3 is 14.6 Å². The second-order valence-electron chi connectivity index (χ2n) is 6.18. The molecule has 0 aliphatic carbocycles. The van der Waals surface area contributed by atoms with Gasteiger partial charge in [-0.05, 0) is 45.4 Å². The molecule has 1 saturated heterocycles. The molecule has 0 aromatic heterocycles. The number of morpholine rings is 1. The van der Waals surface area contributed by atoms with Crippen molar-refractivity contribution in [3.8, 4) is 5.75 Å². The van der Waals surface area contributed by atoms with Crippen molar-refractivity contribution in [1.82, 2.24) is 4.90 Å². The van der Waals surface area contributed by atoms with E-state index in [-0.39, 0.29) is 12.2 Å². The molecule has 0 spiro atoms. The molecule has 1 fully saturated rings. The summed E-state index contributed by atoms with van der Waals surface area (Å²) in [6.07, 6.45) is -0.611. The van der Waals surface area contributed by atoms with Crippen molar-refractivity contribution >= 4 is 0 Å². The van der Waals surface area contributed by atoms with Gasteiger partial charge in [0.2, 0.25) is 0 Å². The highest BCUT2D eigenvalue weighted by Crippen LogP contribution is 2.25. The highest BCUT2D eigenvalue weighted by molar-refractivity contribution is 5.29. The van der Waals surface area contributed by atoms with E-state index in [4.69, 9.17) is 9.47 Å². The van der Waals surface area contributed by atoms with Crippen molar-refractivity contribution < 1.29 is 14.6 Å². The minimum atomic E-state index is -0.598. The van der Waals surface area contributed by atoms with Crippen LogP contribution in [0.2, 0.25) is 0 Å². The van der Waals surface area contributed by atoms with Crippen LogP contribution in [-0.4, -0.2) is 48.0 Å². The standard InChI is InChI=1S/C17H27NO3/c1-12(2)18-9-10-20-16(11-18)17(19)14-5-7-15(8-6-14)21-13(3)4/h5-8,12-13,16-17,19H,9-11H2,1-4H3. The monoisotopic (exact) mass is 293 g/mol. The Bertz CT molecular complexity index is 430. The average Bonchev–Trinajstić information content (AvgIpc) is 2.47. The van der Waals surface area contributed by atoms with Crippen molar-refractivity contribution in [2.45, 2.75) is 52.0 Å². The molecule has 4 heteroatoms. The van der Waals surface area contributed by atoms with Crippen molar-refractivity contribution in [2.75, 3.05) is 19.7 Å². The molecule has 21 heavy (non-hydrogen) atoms. The Morgan fingerprint density at radius 3 is 2.43 bits per heavy atom. The zero-order valence-electron chi connectivity index (χ0n) is 13.5. The van der Waals surface area contributed by atoms with Gasteiger partial charge in [0.15, 0.2) is 0 Å². The number of hydrogen-bond acceptors (Lipinski definition) is 4. The predicted octanol–water partition coefficient (Wildman–Crippen LogP) is 2.62. The minimum Gasteiger partial charge on any atom is -0.491 e. The summed E-state index contributed by atoms with van der Waals surface area (Å²) in [6, 6.07) is 8.12. The van der Waals surface area contributed by atoms with Crippen LogP contribution in [0.5, 0.6) is 5.75 Å². The lowest BCUT2D eigenvalue weighted by Crippen LogP contribution is -2.47. The Morgan fingerprint density at radius 2 is 1.86 bits per heavy atom. The van der Waals surface area contributed by atoms with E-state index in [1.165, 1.54) is 0 Å². The third kappa shape index (κ3) is 4.43. The Balaban J connectivity index is 2.00. The van der Waals surface area contributed by atoms with Crippen molar-refractivity contribution in [3.05, 3.63) is 29.8 Å². The van der Waals surface area contributed by atoms with Gasteiger partial charge in [-0.1, -0.05) is 12.1 Å². The first-order valence-corrected chi connectivity index (χ1v) is 7.77. The fourth-order valence-corrected chi connectivity index (χ4v) is 2.59. The molecule has 2 atom stereocenters. The van der Waals surface area contributed by atoms with Crippen molar-refractivity contribution in [3.63, 3.8) is 0 Å². The van der Waals surface area contributed by atoms with Crippen molar-refractivity contribution in [2.24, 2.45) is 0 Å². The Labute approximate surface area is 127 Å². The molecule has 1 N–H and O–H groups in total. The second kappa shape index (κ2) is 7.25. The first kappa shape index (κ1) is 16.3. The number of ether oxygens (including phenoxy) is 2. The number of nitrogens with zero attached hydrogens (tertiary/aromatic N) is 1. The average molecular weight is 293 g/mol. The Kier molecular flexibility index (Phi) is 5.62. The maximum Gasteiger partial charge on any atom is 0.119 e. The van der Waals surface area contributed by atoms with Gasteiger partial charge in [-0.2, -0.15) is 0 Å². The molecule has 1 heterocycles. The maximum atomic E-state index is 10.5. The fraction of sp³-hybridized carbons (Fsp3) is 0.647. The lowest BCUT2D eigenvalue weighted by atomic mass is 10.0. The quantitative estimate of drug-likeness (QED) is 0.906. The fourth-order valence-electron chi connectivity index (χ4n) is 2.59. The van der Waals surface area contributed by atoms with Crippen LogP contribution in [0.4, 0.5) is 0 Å². The SMILES string of the molecule is CC(C)Oc1ccc(C(O)C2CN(C(C)C)CCO2)cc1. The summed E-state index contributed by atoms with van der Waals surface area (Å²) in [7, 11) is 0. The third-order valence-electron chi connectivity index (χ3n) is 3.80. The molecule has 0 radical (unpaired) electrons. The molecular formula is C17H27NO3. The largest absolute Gasteiger partial charge is 0.491 e. The summed E-state index contributed by atoms with van der Waals surface area (Å²) < 4.78 is 11.4. The Morgan fingerprint density at radius 1 is 1.19 bits per heavy atom. The van der Waals surface area contributed by atoms with Crippen LogP contribution in [0.25, 0.3) is 0 Å². The van der Waals surface area contributed by atoms with Gasteiger partial charge in [-0.15, -0.1) is 0 Å². The van der Waals surface area contributed by atoms with Gasteiger partial charge in [-0.25, -0.2) is 0 Å². The van der Waals surface area contributed by atoms with Gasteiger partial charge in [0, 0.05) is 19.1 Å². The first-order valence-electron chi connectivity index (χ1n) is 7.77. The topological polar surface area (TPSA) is 41.9 Å². The number of rotatable bonds is 5. The van der Waals surface area contributed by atoms with Crippen molar-refractivity contribution in [1.29, 1.82) is 0 Å². The zero-order chi connectivity index (χ0) is 15.4. The van der Waals surface area contributed by atoms with Crippen LogP contribution in [0, 0.1) is 0 Å². The number of benzene rings is 1. The van der Waals surface area contributed by atoms with E-state index < -0.39 is 6.10 Å². The lowest BCUT2D eigenvalue weighted by Gasteiger charge is -2.37. The number of aliphatic hydroxyl groups excluding tert-OH is 1. The summed E-state index contributed by atoms with van der Waals surface area (Å²) in [5.74, 6) is 0.828. The summed E-state index contributed by atoms with van der Waals surface area (Å²) in [5, 5.41) is 10.5. The molecular weight excluding hydrogens is 266 g/mol. The highest BCUT2D eigenvalue weighted by Gasteiger charge is 2.28. The number of hydrogen-bond donors (Lipinski definition) is 1. The molecule has 2 unspecified atom stereocenters. The van der Waals surface area contributed by atoms with Gasteiger partial charge in [0.25, 0.3) is 0 Å². The zero-order valence-corrected chi connectivity index (χ0v) is 13.5. The van der Waals surface area contributed by atoms with E-state index in [1.54, 1.807) is 0 Å². The molecule has 4 nitrogen and oxygen atoms in total. The van der Waals surface area contributed by atoms with E-state index in [0.717, 1.165) is 24.4 Å². The van der Waals surface area contributed by atoms with Crippen LogP contribution in [0.3, 0.4) is 0 Å². The molecule has 118 valence electrons. The van der Waals surface area contributed by atoms with Gasteiger partial charge in [0.05, 0.1) is 12.7 Å². The van der Waals surface area contributed by atoms with Crippen LogP contribution in [0.1, 0.15) is 39.4 Å². The normalized spacial score (nSPS) is 21.8. The lowest BCUT2D eigenvalue weighted by molar-refractivity contribution is -0.0961. The molecule has 2 rings (SSSR count). The van der Waals surface area contributed by atoms with E-state index in [0.29, 0.717) is 12.6 Å². The van der Waals surface area contributed by atoms with E-state index in [1.807, 2.05) is 38.1 Å². The summed E-state index contributed by atoms with van der Waals surface area (Å²) >= 11 is 0. The molecule has 0 bridgehead atoms. The molecule has 1 aliphatic heterocycles. The molecule has 1 aliphatic rings. The second-order valence-corrected chi connectivity index (χ2v) is 6.18.